The van der Waals surface area contributed by atoms with Crippen molar-refractivity contribution in [3.05, 3.63) is 40.1 Å². The van der Waals surface area contributed by atoms with Crippen LogP contribution in [-0.2, 0) is 6.42 Å². The molecule has 0 bridgehead atoms. The lowest BCUT2D eigenvalue weighted by molar-refractivity contribution is 0.353. The van der Waals surface area contributed by atoms with Gasteiger partial charge in [-0.25, -0.2) is 4.39 Å². The summed E-state index contributed by atoms with van der Waals surface area (Å²) < 4.78 is 18.7. The van der Waals surface area contributed by atoms with E-state index in [1.165, 1.54) is 17.7 Å². The molecule has 2 N–H and O–H groups in total. The van der Waals surface area contributed by atoms with Gasteiger partial charge in [-0.2, -0.15) is 0 Å². The smallest absolute Gasteiger partial charge is 0.125 e. The molecule has 100 valence electrons. The molecule has 0 spiro atoms. The number of ether oxygens (including phenoxy) is 1. The van der Waals surface area contributed by atoms with Gasteiger partial charge in [0.15, 0.2) is 0 Å². The molecular weight excluding hydrogens is 276 g/mol. The first-order valence-electron chi connectivity index (χ1n) is 5.68. The maximum atomic E-state index is 13.2. The molecule has 1 rings (SSSR count). The lowest BCUT2D eigenvalue weighted by Crippen LogP contribution is -2.22. The molecule has 0 saturated carbocycles. The second-order valence-corrected chi connectivity index (χ2v) is 4.67. The minimum absolute atomic E-state index is 0.0202. The van der Waals surface area contributed by atoms with Crippen LogP contribution in [0.2, 0.25) is 0 Å². The highest BCUT2D eigenvalue weighted by Gasteiger charge is 2.09. The van der Waals surface area contributed by atoms with Gasteiger partial charge >= 0.3 is 0 Å². The molecule has 0 saturated heterocycles. The molecule has 0 radical (unpaired) electrons. The van der Waals surface area contributed by atoms with Gasteiger partial charge in [0.1, 0.15) is 18.2 Å². The summed E-state index contributed by atoms with van der Waals surface area (Å²) in [5, 5.41) is 0.381. The van der Waals surface area contributed by atoms with Crippen LogP contribution >= 0.6 is 23.2 Å². The predicted molar refractivity (Wildman–Crippen MR) is 73.7 cm³/mol. The Labute approximate surface area is 117 Å². The van der Waals surface area contributed by atoms with Crippen molar-refractivity contribution in [2.24, 2.45) is 5.73 Å². The van der Waals surface area contributed by atoms with Crippen LogP contribution in [0.5, 0.6) is 5.75 Å². The Morgan fingerprint density at radius 1 is 1.56 bits per heavy atom. The SMILES string of the molecule is CCC(N)Cc1cc(F)ccc1OC/C(Cl)=C/Cl. The van der Waals surface area contributed by atoms with Crippen LogP contribution in [0, 0.1) is 5.82 Å². The second kappa shape index (κ2) is 7.62. The molecule has 18 heavy (non-hydrogen) atoms. The Balaban J connectivity index is 2.82. The Kier molecular flexibility index (Phi) is 6.47. The summed E-state index contributed by atoms with van der Waals surface area (Å²) in [5.74, 6) is 0.275. The third-order valence-electron chi connectivity index (χ3n) is 2.51. The molecule has 1 aromatic rings. The zero-order valence-electron chi connectivity index (χ0n) is 10.1. The van der Waals surface area contributed by atoms with E-state index in [1.54, 1.807) is 6.07 Å². The van der Waals surface area contributed by atoms with Crippen LogP contribution in [0.25, 0.3) is 0 Å². The van der Waals surface area contributed by atoms with E-state index in [4.69, 9.17) is 33.7 Å². The first-order chi connectivity index (χ1) is 8.56. The van der Waals surface area contributed by atoms with E-state index >= 15 is 0 Å². The van der Waals surface area contributed by atoms with Crippen LogP contribution in [0.3, 0.4) is 0 Å². The molecule has 0 fully saturated rings. The van der Waals surface area contributed by atoms with E-state index in [0.29, 0.717) is 17.2 Å². The monoisotopic (exact) mass is 291 g/mol. The fraction of sp³-hybridized carbons (Fsp3) is 0.385. The van der Waals surface area contributed by atoms with Gasteiger partial charge in [-0.15, -0.1) is 0 Å². The Morgan fingerprint density at radius 2 is 2.28 bits per heavy atom. The average Bonchev–Trinajstić information content (AvgIpc) is 2.37. The van der Waals surface area contributed by atoms with Gasteiger partial charge in [0.05, 0.1) is 5.03 Å². The summed E-state index contributed by atoms with van der Waals surface area (Å²) >= 11 is 11.2. The van der Waals surface area contributed by atoms with Crippen molar-refractivity contribution < 1.29 is 9.13 Å². The second-order valence-electron chi connectivity index (χ2n) is 3.97. The topological polar surface area (TPSA) is 35.2 Å². The summed E-state index contributed by atoms with van der Waals surface area (Å²) in [6.45, 7) is 2.14. The number of hydrogen-bond donors (Lipinski definition) is 1. The largest absolute Gasteiger partial charge is 0.488 e. The molecule has 2 nitrogen and oxygen atoms in total. The molecule has 0 aliphatic heterocycles. The molecule has 0 amide bonds. The lowest BCUT2D eigenvalue weighted by Gasteiger charge is -2.14. The Bertz CT molecular complexity index is 423. The molecule has 5 heteroatoms. The van der Waals surface area contributed by atoms with Crippen molar-refractivity contribution in [2.75, 3.05) is 6.61 Å². The zero-order chi connectivity index (χ0) is 13.5. The van der Waals surface area contributed by atoms with Gasteiger partial charge in [-0.3, -0.25) is 0 Å². The predicted octanol–water partition coefficient (Wildman–Crippen LogP) is 3.80. The summed E-state index contributed by atoms with van der Waals surface area (Å²) in [4.78, 5) is 0. The Morgan fingerprint density at radius 3 is 2.89 bits per heavy atom. The highest BCUT2D eigenvalue weighted by molar-refractivity contribution is 6.36. The molecule has 0 aromatic heterocycles. The van der Waals surface area contributed by atoms with E-state index in [9.17, 15) is 4.39 Å². The van der Waals surface area contributed by atoms with Crippen molar-refractivity contribution in [1.82, 2.24) is 0 Å². The number of halogens is 3. The molecule has 1 atom stereocenters. The number of hydrogen-bond acceptors (Lipinski definition) is 2. The average molecular weight is 292 g/mol. The minimum atomic E-state index is -0.306. The normalized spacial score (nSPS) is 13.5. The quantitative estimate of drug-likeness (QED) is 0.865. The first kappa shape index (κ1) is 15.3. The Hall–Kier alpha value is -0.770. The highest BCUT2D eigenvalue weighted by Crippen LogP contribution is 2.22. The van der Waals surface area contributed by atoms with Crippen molar-refractivity contribution in [2.45, 2.75) is 25.8 Å². The number of nitrogens with two attached hydrogens (primary N) is 1. The number of benzene rings is 1. The van der Waals surface area contributed by atoms with Gasteiger partial charge in [-0.05, 0) is 36.6 Å². The van der Waals surface area contributed by atoms with Crippen LogP contribution < -0.4 is 10.5 Å². The number of rotatable bonds is 6. The molecule has 0 aliphatic rings. The first-order valence-corrected chi connectivity index (χ1v) is 6.49. The third kappa shape index (κ3) is 4.84. The van der Waals surface area contributed by atoms with Crippen molar-refractivity contribution in [3.63, 3.8) is 0 Å². The van der Waals surface area contributed by atoms with Gasteiger partial charge < -0.3 is 10.5 Å². The fourth-order valence-electron chi connectivity index (χ4n) is 1.45. The van der Waals surface area contributed by atoms with Gasteiger partial charge in [0, 0.05) is 11.6 Å². The van der Waals surface area contributed by atoms with Crippen molar-refractivity contribution in [1.29, 1.82) is 0 Å². The van der Waals surface area contributed by atoms with E-state index in [1.807, 2.05) is 6.92 Å². The van der Waals surface area contributed by atoms with Gasteiger partial charge in [0.2, 0.25) is 0 Å². The molecule has 0 aliphatic carbocycles. The van der Waals surface area contributed by atoms with Crippen LogP contribution in [0.15, 0.2) is 28.8 Å². The van der Waals surface area contributed by atoms with E-state index in [2.05, 4.69) is 0 Å². The van der Waals surface area contributed by atoms with Crippen LogP contribution in [-0.4, -0.2) is 12.6 Å². The van der Waals surface area contributed by atoms with Crippen molar-refractivity contribution in [3.8, 4) is 5.75 Å². The molecule has 0 heterocycles. The van der Waals surface area contributed by atoms with E-state index < -0.39 is 0 Å². The van der Waals surface area contributed by atoms with E-state index in [-0.39, 0.29) is 18.5 Å². The standard InChI is InChI=1S/C13H16Cl2FNO/c1-2-12(17)6-9-5-11(16)3-4-13(9)18-8-10(15)7-14/h3-5,7,12H,2,6,8,17H2,1H3/b10-7-. The zero-order valence-corrected chi connectivity index (χ0v) is 11.6. The third-order valence-corrected chi connectivity index (χ3v) is 3.11. The summed E-state index contributed by atoms with van der Waals surface area (Å²) in [6.07, 6.45) is 1.38. The summed E-state index contributed by atoms with van der Waals surface area (Å²) in [7, 11) is 0. The van der Waals surface area contributed by atoms with Crippen LogP contribution in [0.4, 0.5) is 4.39 Å². The van der Waals surface area contributed by atoms with Gasteiger partial charge in [-0.1, -0.05) is 30.1 Å². The van der Waals surface area contributed by atoms with Gasteiger partial charge in [0.25, 0.3) is 0 Å². The van der Waals surface area contributed by atoms with E-state index in [0.717, 1.165) is 12.0 Å². The maximum Gasteiger partial charge on any atom is 0.125 e. The lowest BCUT2D eigenvalue weighted by atomic mass is 10.0. The maximum absolute atomic E-state index is 13.2. The molecule has 1 unspecified atom stereocenters. The highest BCUT2D eigenvalue weighted by atomic mass is 35.5. The van der Waals surface area contributed by atoms with Crippen LogP contribution in [0.1, 0.15) is 18.9 Å². The molecule has 1 aromatic carbocycles. The fourth-order valence-corrected chi connectivity index (χ4v) is 1.57. The summed E-state index contributed by atoms with van der Waals surface area (Å²) in [6, 6.07) is 4.33. The minimum Gasteiger partial charge on any atom is -0.488 e. The molecular formula is C13H16Cl2FNO. The van der Waals surface area contributed by atoms with Crippen molar-refractivity contribution >= 4 is 23.2 Å². The summed E-state index contributed by atoms with van der Waals surface area (Å²) in [5.41, 5.74) is 7.85.